The first-order chi connectivity index (χ1) is 9.29. The maximum atomic E-state index is 5.83. The fourth-order valence-electron chi connectivity index (χ4n) is 1.82. The molecule has 100 valence electrons. The standard InChI is InChI=1S/C16H19NOS/c1-3-4-5-7-14-8-6-9-15(10-14)18-11-16-13(2)17-12-19-16/h3-4,6,8-10,12H,5,7,11H2,1-2H3/b4-3-. The molecule has 0 bridgehead atoms. The van der Waals surface area contributed by atoms with Crippen molar-refractivity contribution in [1.82, 2.24) is 4.98 Å². The van der Waals surface area contributed by atoms with Gasteiger partial charge in [0, 0.05) is 0 Å². The summed E-state index contributed by atoms with van der Waals surface area (Å²) in [4.78, 5) is 5.42. The first-order valence-electron chi connectivity index (χ1n) is 6.51. The molecule has 0 radical (unpaired) electrons. The second-order valence-electron chi connectivity index (χ2n) is 4.40. The van der Waals surface area contributed by atoms with Crippen molar-refractivity contribution >= 4 is 11.3 Å². The molecule has 0 aliphatic carbocycles. The van der Waals surface area contributed by atoms with E-state index < -0.39 is 0 Å². The average Bonchev–Trinajstić information content (AvgIpc) is 2.83. The minimum atomic E-state index is 0.606. The number of aryl methyl sites for hydroxylation is 2. The first kappa shape index (κ1) is 13.8. The lowest BCUT2D eigenvalue weighted by molar-refractivity contribution is 0.308. The average molecular weight is 273 g/mol. The van der Waals surface area contributed by atoms with Crippen LogP contribution in [-0.4, -0.2) is 4.98 Å². The van der Waals surface area contributed by atoms with Crippen LogP contribution in [-0.2, 0) is 13.0 Å². The summed E-state index contributed by atoms with van der Waals surface area (Å²) in [6, 6.07) is 8.34. The second-order valence-corrected chi connectivity index (χ2v) is 5.34. The lowest BCUT2D eigenvalue weighted by Crippen LogP contribution is -1.95. The van der Waals surface area contributed by atoms with Crippen LogP contribution in [0.3, 0.4) is 0 Å². The SMILES string of the molecule is C/C=C\CCc1cccc(OCc2scnc2C)c1. The maximum Gasteiger partial charge on any atom is 0.124 e. The van der Waals surface area contributed by atoms with Gasteiger partial charge in [-0.1, -0.05) is 24.3 Å². The second kappa shape index (κ2) is 7.10. The van der Waals surface area contributed by atoms with Crippen LogP contribution in [0.1, 0.15) is 29.5 Å². The van der Waals surface area contributed by atoms with Crippen molar-refractivity contribution in [3.63, 3.8) is 0 Å². The molecule has 0 aliphatic rings. The number of allylic oxidation sites excluding steroid dienone is 2. The van der Waals surface area contributed by atoms with Crippen LogP contribution < -0.4 is 4.74 Å². The van der Waals surface area contributed by atoms with Crippen LogP contribution in [0.25, 0.3) is 0 Å². The van der Waals surface area contributed by atoms with Crippen LogP contribution in [0.5, 0.6) is 5.75 Å². The molecule has 1 aromatic carbocycles. The number of benzene rings is 1. The number of rotatable bonds is 6. The van der Waals surface area contributed by atoms with Crippen molar-refractivity contribution in [2.75, 3.05) is 0 Å². The van der Waals surface area contributed by atoms with Crippen molar-refractivity contribution in [2.24, 2.45) is 0 Å². The summed E-state index contributed by atoms with van der Waals surface area (Å²) in [6.07, 6.45) is 6.41. The molecule has 0 amide bonds. The molecule has 0 saturated heterocycles. The third kappa shape index (κ3) is 4.21. The number of hydrogen-bond donors (Lipinski definition) is 0. The van der Waals surface area contributed by atoms with E-state index in [2.05, 4.69) is 42.3 Å². The Bertz CT molecular complexity index is 545. The van der Waals surface area contributed by atoms with Gasteiger partial charge in [0.05, 0.1) is 16.1 Å². The van der Waals surface area contributed by atoms with E-state index in [0.717, 1.165) is 24.3 Å². The molecule has 0 spiro atoms. The van der Waals surface area contributed by atoms with Gasteiger partial charge in [0.2, 0.25) is 0 Å². The topological polar surface area (TPSA) is 22.1 Å². The molecule has 1 aromatic heterocycles. The van der Waals surface area contributed by atoms with E-state index in [-0.39, 0.29) is 0 Å². The zero-order valence-corrected chi connectivity index (χ0v) is 12.2. The molecular formula is C16H19NOS. The Morgan fingerprint density at radius 2 is 2.26 bits per heavy atom. The Labute approximate surface area is 118 Å². The van der Waals surface area contributed by atoms with Gasteiger partial charge in [-0.25, -0.2) is 4.98 Å². The molecule has 0 saturated carbocycles. The van der Waals surface area contributed by atoms with Crippen LogP contribution in [0.2, 0.25) is 0 Å². The zero-order valence-electron chi connectivity index (χ0n) is 11.4. The van der Waals surface area contributed by atoms with Gasteiger partial charge in [-0.15, -0.1) is 11.3 Å². The van der Waals surface area contributed by atoms with Gasteiger partial charge in [-0.2, -0.15) is 0 Å². The Morgan fingerprint density at radius 3 is 3.00 bits per heavy atom. The number of hydrogen-bond acceptors (Lipinski definition) is 3. The molecular weight excluding hydrogens is 254 g/mol. The summed E-state index contributed by atoms with van der Waals surface area (Å²) in [6.45, 7) is 4.68. The Kier molecular flexibility index (Phi) is 5.16. The van der Waals surface area contributed by atoms with Gasteiger partial charge >= 0.3 is 0 Å². The van der Waals surface area contributed by atoms with Gasteiger partial charge in [0.15, 0.2) is 0 Å². The predicted octanol–water partition coefficient (Wildman–Crippen LogP) is 4.54. The van der Waals surface area contributed by atoms with Crippen LogP contribution >= 0.6 is 11.3 Å². The molecule has 0 fully saturated rings. The van der Waals surface area contributed by atoms with E-state index in [1.165, 1.54) is 10.4 Å². The van der Waals surface area contributed by atoms with Crippen molar-refractivity contribution in [3.8, 4) is 5.75 Å². The molecule has 0 aliphatic heterocycles. The summed E-state index contributed by atoms with van der Waals surface area (Å²) in [7, 11) is 0. The Balaban J connectivity index is 1.93. The van der Waals surface area contributed by atoms with E-state index in [4.69, 9.17) is 4.74 Å². The van der Waals surface area contributed by atoms with Crippen molar-refractivity contribution in [1.29, 1.82) is 0 Å². The van der Waals surface area contributed by atoms with Gasteiger partial charge in [0.1, 0.15) is 12.4 Å². The number of thiazole rings is 1. The number of ether oxygens (including phenoxy) is 1. The van der Waals surface area contributed by atoms with Crippen LogP contribution in [0.4, 0.5) is 0 Å². The molecule has 0 unspecified atom stereocenters. The fraction of sp³-hybridized carbons (Fsp3) is 0.312. The highest BCUT2D eigenvalue weighted by atomic mass is 32.1. The van der Waals surface area contributed by atoms with Crippen molar-refractivity contribution in [2.45, 2.75) is 33.3 Å². The molecule has 0 N–H and O–H groups in total. The highest BCUT2D eigenvalue weighted by Crippen LogP contribution is 2.19. The van der Waals surface area contributed by atoms with E-state index >= 15 is 0 Å². The minimum Gasteiger partial charge on any atom is -0.488 e. The van der Waals surface area contributed by atoms with E-state index in [1.54, 1.807) is 11.3 Å². The van der Waals surface area contributed by atoms with Crippen molar-refractivity contribution < 1.29 is 4.74 Å². The molecule has 0 atom stereocenters. The highest BCUT2D eigenvalue weighted by molar-refractivity contribution is 7.09. The zero-order chi connectivity index (χ0) is 13.5. The Morgan fingerprint density at radius 1 is 1.37 bits per heavy atom. The predicted molar refractivity (Wildman–Crippen MR) is 80.8 cm³/mol. The number of nitrogens with zero attached hydrogens (tertiary/aromatic N) is 1. The van der Waals surface area contributed by atoms with Crippen LogP contribution in [0.15, 0.2) is 41.9 Å². The summed E-state index contributed by atoms with van der Waals surface area (Å²) < 4.78 is 5.83. The largest absolute Gasteiger partial charge is 0.488 e. The third-order valence-electron chi connectivity index (χ3n) is 2.95. The molecule has 1 heterocycles. The van der Waals surface area contributed by atoms with Crippen LogP contribution in [0, 0.1) is 6.92 Å². The molecule has 19 heavy (non-hydrogen) atoms. The molecule has 2 nitrogen and oxygen atoms in total. The van der Waals surface area contributed by atoms with Gasteiger partial charge in [-0.3, -0.25) is 0 Å². The monoisotopic (exact) mass is 273 g/mol. The summed E-state index contributed by atoms with van der Waals surface area (Å²) in [5.41, 5.74) is 4.24. The summed E-state index contributed by atoms with van der Waals surface area (Å²) in [5.74, 6) is 0.936. The van der Waals surface area contributed by atoms with E-state index in [9.17, 15) is 0 Å². The third-order valence-corrected chi connectivity index (χ3v) is 3.86. The number of aromatic nitrogens is 1. The fourth-order valence-corrected chi connectivity index (χ4v) is 2.51. The molecule has 2 aromatic rings. The molecule has 3 heteroatoms. The lowest BCUT2D eigenvalue weighted by Gasteiger charge is -2.07. The van der Waals surface area contributed by atoms with Gasteiger partial charge in [0.25, 0.3) is 0 Å². The smallest absolute Gasteiger partial charge is 0.124 e. The summed E-state index contributed by atoms with van der Waals surface area (Å²) >= 11 is 1.64. The molecule has 2 rings (SSSR count). The first-order valence-corrected chi connectivity index (χ1v) is 7.39. The van der Waals surface area contributed by atoms with Crippen molar-refractivity contribution in [3.05, 3.63) is 58.1 Å². The maximum absolute atomic E-state index is 5.83. The quantitative estimate of drug-likeness (QED) is 0.721. The van der Waals surface area contributed by atoms with E-state index in [0.29, 0.717) is 6.61 Å². The minimum absolute atomic E-state index is 0.606. The summed E-state index contributed by atoms with van der Waals surface area (Å²) in [5, 5.41) is 0. The highest BCUT2D eigenvalue weighted by Gasteiger charge is 2.03. The van der Waals surface area contributed by atoms with Gasteiger partial charge in [-0.05, 0) is 44.4 Å². The van der Waals surface area contributed by atoms with Gasteiger partial charge < -0.3 is 4.74 Å². The van der Waals surface area contributed by atoms with E-state index in [1.807, 2.05) is 18.5 Å². The Hall–Kier alpha value is -1.61. The lowest BCUT2D eigenvalue weighted by atomic mass is 10.1. The normalized spacial score (nSPS) is 11.1.